The van der Waals surface area contributed by atoms with Crippen molar-refractivity contribution in [1.82, 2.24) is 15.5 Å². The van der Waals surface area contributed by atoms with Gasteiger partial charge in [-0.3, -0.25) is 14.4 Å². The summed E-state index contributed by atoms with van der Waals surface area (Å²) in [5.74, 6) is -0.800. The quantitative estimate of drug-likeness (QED) is 0.290. The van der Waals surface area contributed by atoms with Crippen molar-refractivity contribution in [3.8, 4) is 0 Å². The average molecular weight is 637 g/mol. The number of nitrogens with one attached hydrogen (secondary N) is 2. The summed E-state index contributed by atoms with van der Waals surface area (Å²) in [5.41, 5.74) is 10.1. The molecule has 1 aliphatic heterocycles. The van der Waals surface area contributed by atoms with E-state index in [4.69, 9.17) is 10.5 Å². The number of likely N-dealkylation sites (N-methyl/N-ethyl adjacent to an activating group) is 1. The Labute approximate surface area is 278 Å². The number of amides is 3. The second-order valence-corrected chi connectivity index (χ2v) is 13.3. The molecule has 2 aromatic rings. The zero-order valence-corrected chi connectivity index (χ0v) is 27.9. The first-order valence-electron chi connectivity index (χ1n) is 16.8. The molecule has 4 N–H and O–H groups in total. The highest BCUT2D eigenvalue weighted by atomic mass is 16.5. The molecule has 8 nitrogen and oxygen atoms in total. The number of benzene rings is 2. The Bertz CT molecular complexity index is 1560. The summed E-state index contributed by atoms with van der Waals surface area (Å²) in [6.07, 6.45) is 13.8. The van der Waals surface area contributed by atoms with Crippen LogP contribution in [0.5, 0.6) is 0 Å². The molecule has 2 aromatic carbocycles. The van der Waals surface area contributed by atoms with E-state index >= 15 is 0 Å². The van der Waals surface area contributed by atoms with Crippen molar-refractivity contribution in [2.75, 3.05) is 19.7 Å². The van der Waals surface area contributed by atoms with Gasteiger partial charge in [0, 0.05) is 18.7 Å². The van der Waals surface area contributed by atoms with Crippen LogP contribution in [-0.2, 0) is 25.7 Å². The van der Waals surface area contributed by atoms with Gasteiger partial charge >= 0.3 is 0 Å². The molecule has 1 saturated carbocycles. The lowest BCUT2D eigenvalue weighted by Gasteiger charge is -2.38. The number of allylic oxidation sites excluding steroid dienone is 5. The smallest absolute Gasteiger partial charge is 0.252 e. The zero-order valence-electron chi connectivity index (χ0n) is 27.9. The highest BCUT2D eigenvalue weighted by Gasteiger charge is 2.47. The molecule has 3 amide bonds. The van der Waals surface area contributed by atoms with Crippen LogP contribution >= 0.6 is 0 Å². The van der Waals surface area contributed by atoms with Crippen LogP contribution in [0.1, 0.15) is 70.4 Å². The van der Waals surface area contributed by atoms with Crippen LogP contribution in [0.3, 0.4) is 0 Å². The van der Waals surface area contributed by atoms with E-state index in [1.54, 1.807) is 18.7 Å². The molecule has 2 aliphatic carbocycles. The van der Waals surface area contributed by atoms with Crippen LogP contribution in [0.4, 0.5) is 0 Å². The summed E-state index contributed by atoms with van der Waals surface area (Å²) in [5, 5.41) is 6.24. The van der Waals surface area contributed by atoms with Crippen molar-refractivity contribution in [2.24, 2.45) is 5.73 Å². The molecule has 0 aromatic heterocycles. The summed E-state index contributed by atoms with van der Waals surface area (Å²) in [4.78, 5) is 42.9. The minimum absolute atomic E-state index is 0.0118. The van der Waals surface area contributed by atoms with Crippen LogP contribution in [0, 0.1) is 0 Å². The van der Waals surface area contributed by atoms with Gasteiger partial charge in [-0.2, -0.15) is 0 Å². The largest absolute Gasteiger partial charge is 0.374 e. The molecule has 47 heavy (non-hydrogen) atoms. The lowest BCUT2D eigenvalue weighted by Crippen LogP contribution is -2.58. The van der Waals surface area contributed by atoms with Crippen molar-refractivity contribution >= 4 is 23.3 Å². The normalized spacial score (nSPS) is 18.3. The Morgan fingerprint density at radius 3 is 2.28 bits per heavy atom. The van der Waals surface area contributed by atoms with E-state index in [1.807, 2.05) is 61.5 Å². The molecule has 8 heteroatoms. The first kappa shape index (κ1) is 34.1. The van der Waals surface area contributed by atoms with Crippen molar-refractivity contribution < 1.29 is 19.1 Å². The Kier molecular flexibility index (Phi) is 10.9. The molecule has 0 unspecified atom stereocenters. The molecule has 1 fully saturated rings. The molecular weight excluding hydrogens is 588 g/mol. The summed E-state index contributed by atoms with van der Waals surface area (Å²) < 4.78 is 5.98. The lowest BCUT2D eigenvalue weighted by atomic mass is 9.76. The fourth-order valence-corrected chi connectivity index (χ4v) is 6.65. The summed E-state index contributed by atoms with van der Waals surface area (Å²) in [6, 6.07) is 19.0. The first-order chi connectivity index (χ1) is 22.6. The number of carbonyl (C=O) groups excluding carboxylic acids is 3. The van der Waals surface area contributed by atoms with E-state index in [2.05, 4.69) is 41.0 Å². The highest BCUT2D eigenvalue weighted by molar-refractivity contribution is 6.04. The number of rotatable bonds is 12. The molecule has 1 atom stereocenters. The van der Waals surface area contributed by atoms with Gasteiger partial charge in [0.05, 0.1) is 24.3 Å². The van der Waals surface area contributed by atoms with E-state index in [9.17, 15) is 14.4 Å². The summed E-state index contributed by atoms with van der Waals surface area (Å²) >= 11 is 0. The Morgan fingerprint density at radius 2 is 1.62 bits per heavy atom. The fraction of sp³-hybridized carbons (Fsp3) is 0.410. The monoisotopic (exact) mass is 636 g/mol. The van der Waals surface area contributed by atoms with Crippen LogP contribution in [0.2, 0.25) is 0 Å². The number of hydrogen-bond acceptors (Lipinski definition) is 5. The number of nitrogens with zero attached hydrogens (tertiary/aromatic N) is 1. The summed E-state index contributed by atoms with van der Waals surface area (Å²) in [6.45, 7) is 6.09. The number of hydrogen-bond donors (Lipinski definition) is 3. The third kappa shape index (κ3) is 8.18. The predicted octanol–water partition coefficient (Wildman–Crippen LogP) is 5.37. The van der Waals surface area contributed by atoms with Gasteiger partial charge in [0.15, 0.2) is 0 Å². The van der Waals surface area contributed by atoms with E-state index in [0.717, 1.165) is 60.0 Å². The van der Waals surface area contributed by atoms with Gasteiger partial charge in [-0.15, -0.1) is 0 Å². The van der Waals surface area contributed by atoms with Gasteiger partial charge in [-0.05, 0) is 67.9 Å². The Balaban J connectivity index is 1.44. The Hall–Kier alpha value is -4.27. The van der Waals surface area contributed by atoms with Crippen LogP contribution in [0.15, 0.2) is 102 Å². The van der Waals surface area contributed by atoms with Gasteiger partial charge in [0.1, 0.15) is 6.04 Å². The van der Waals surface area contributed by atoms with E-state index in [-0.39, 0.29) is 25.0 Å². The maximum absolute atomic E-state index is 14.3. The highest BCUT2D eigenvalue weighted by Crippen LogP contribution is 2.42. The lowest BCUT2D eigenvalue weighted by molar-refractivity contribution is -0.139. The van der Waals surface area contributed by atoms with E-state index in [1.165, 1.54) is 0 Å². The molecule has 0 bridgehead atoms. The summed E-state index contributed by atoms with van der Waals surface area (Å²) in [7, 11) is 0. The molecule has 248 valence electrons. The SMILES string of the molecule is CCN(CC1=C(C2=CCC=C(c3ccccc3)C=C2)C(=O)NC12CCCCC2)C(=O)[C@@H](COCc1ccccc1)NC(=O)C(C)(C)N. The third-order valence-corrected chi connectivity index (χ3v) is 9.31. The molecular formula is C39H48N4O4. The molecule has 1 heterocycles. The number of nitrogens with two attached hydrogens (primary N) is 1. The number of ether oxygens (including phenoxy) is 1. The number of carbonyl (C=O) groups is 3. The van der Waals surface area contributed by atoms with Gasteiger partial charge in [0.2, 0.25) is 11.8 Å². The van der Waals surface area contributed by atoms with Crippen molar-refractivity contribution in [3.05, 3.63) is 113 Å². The second kappa shape index (κ2) is 15.1. The first-order valence-corrected chi connectivity index (χ1v) is 16.8. The van der Waals surface area contributed by atoms with Gasteiger partial charge in [-0.1, -0.05) is 104 Å². The maximum atomic E-state index is 14.3. The molecule has 0 radical (unpaired) electrons. The van der Waals surface area contributed by atoms with Crippen molar-refractivity contribution in [1.29, 1.82) is 0 Å². The van der Waals surface area contributed by atoms with Crippen LogP contribution in [0.25, 0.3) is 5.57 Å². The van der Waals surface area contributed by atoms with Crippen LogP contribution < -0.4 is 16.4 Å². The van der Waals surface area contributed by atoms with Crippen molar-refractivity contribution in [3.63, 3.8) is 0 Å². The van der Waals surface area contributed by atoms with E-state index in [0.29, 0.717) is 25.1 Å². The van der Waals surface area contributed by atoms with Gasteiger partial charge < -0.3 is 26.0 Å². The average Bonchev–Trinajstić information content (AvgIpc) is 3.19. The molecule has 0 saturated heterocycles. The standard InChI is InChI=1S/C39H48N4O4/c1-4-43(36(45)33(41-37(46)38(2,3)40)27-47-26-28-15-8-5-9-16-28)25-32-34(35(44)42-39(32)23-12-7-13-24-39)31-20-14-19-30(21-22-31)29-17-10-6-11-18-29/h5-6,8-11,15-22,33H,4,7,12-14,23-27,40H2,1-3H3,(H,41,46)(H,42,44)/t33-/m1/s1. The molecule has 1 spiro atoms. The van der Waals surface area contributed by atoms with Gasteiger partial charge in [-0.25, -0.2) is 0 Å². The third-order valence-electron chi connectivity index (χ3n) is 9.31. The maximum Gasteiger partial charge on any atom is 0.252 e. The topological polar surface area (TPSA) is 114 Å². The predicted molar refractivity (Wildman–Crippen MR) is 186 cm³/mol. The van der Waals surface area contributed by atoms with Crippen LogP contribution in [-0.4, -0.2) is 59.4 Å². The zero-order chi connectivity index (χ0) is 33.4. The Morgan fingerprint density at radius 1 is 0.979 bits per heavy atom. The minimum Gasteiger partial charge on any atom is -0.374 e. The molecule has 5 rings (SSSR count). The second-order valence-electron chi connectivity index (χ2n) is 13.3. The fourth-order valence-electron chi connectivity index (χ4n) is 6.65. The minimum atomic E-state index is -1.18. The van der Waals surface area contributed by atoms with Crippen molar-refractivity contribution in [2.45, 2.75) is 83.0 Å². The van der Waals surface area contributed by atoms with Gasteiger partial charge in [0.25, 0.3) is 5.91 Å². The van der Waals surface area contributed by atoms with E-state index < -0.39 is 23.0 Å². The molecule has 3 aliphatic rings.